The van der Waals surface area contributed by atoms with E-state index in [2.05, 4.69) is 23.6 Å². The molecule has 1 spiro atoms. The van der Waals surface area contributed by atoms with Gasteiger partial charge in [-0.15, -0.1) is 6.58 Å². The van der Waals surface area contributed by atoms with Crippen LogP contribution in [0, 0.1) is 17.3 Å². The Morgan fingerprint density at radius 2 is 2.13 bits per heavy atom. The normalized spacial score (nSPS) is 40.9. The summed E-state index contributed by atoms with van der Waals surface area (Å²) in [7, 11) is 1.73. The first-order chi connectivity index (χ1) is 14.8. The van der Waals surface area contributed by atoms with Gasteiger partial charge in [-0.05, 0) is 70.0 Å². The first-order valence-electron chi connectivity index (χ1n) is 11.9. The number of phenolic OH excluding ortho intramolecular Hbond substituents is 1. The van der Waals surface area contributed by atoms with Crippen LogP contribution in [0.4, 0.5) is 0 Å². The summed E-state index contributed by atoms with van der Waals surface area (Å²) in [5.74, 6) is 1.59. The molecule has 31 heavy (non-hydrogen) atoms. The van der Waals surface area contributed by atoms with E-state index < -0.39 is 5.60 Å². The maximum atomic E-state index is 11.2. The average Bonchev–Trinajstić information content (AvgIpc) is 3.47. The number of hydrogen-bond donors (Lipinski definition) is 2. The van der Waals surface area contributed by atoms with Crippen LogP contribution in [-0.4, -0.2) is 59.2 Å². The number of aromatic hydroxyl groups is 1. The highest BCUT2D eigenvalue weighted by atomic mass is 16.5. The van der Waals surface area contributed by atoms with Gasteiger partial charge in [-0.2, -0.15) is 0 Å². The van der Waals surface area contributed by atoms with Gasteiger partial charge < -0.3 is 19.7 Å². The summed E-state index contributed by atoms with van der Waals surface area (Å²) in [6, 6.07) is 4.22. The first-order valence-corrected chi connectivity index (χ1v) is 11.9. The second-order valence-electron chi connectivity index (χ2n) is 11.3. The van der Waals surface area contributed by atoms with Crippen LogP contribution in [0.1, 0.15) is 50.7 Å². The topological polar surface area (TPSA) is 62.2 Å². The Bertz CT molecular complexity index is 934. The average molecular weight is 426 g/mol. The molecule has 1 saturated heterocycles. The lowest BCUT2D eigenvalue weighted by atomic mass is 9.41. The van der Waals surface area contributed by atoms with Crippen LogP contribution in [-0.2, 0) is 16.6 Å². The molecule has 0 aromatic heterocycles. The Morgan fingerprint density at radius 3 is 2.77 bits per heavy atom. The number of methoxy groups -OCH3 is 1. The Morgan fingerprint density at radius 1 is 1.35 bits per heavy atom. The minimum atomic E-state index is -0.908. The number of ether oxygens (including phenoxy) is 2. The molecule has 0 radical (unpaired) electrons. The van der Waals surface area contributed by atoms with Gasteiger partial charge in [0.2, 0.25) is 0 Å². The van der Waals surface area contributed by atoms with E-state index in [1.807, 2.05) is 13.8 Å². The van der Waals surface area contributed by atoms with E-state index in [1.54, 1.807) is 13.2 Å². The largest absolute Gasteiger partial charge is 0.504 e. The Balaban J connectivity index is 1.60. The number of nitrogens with zero attached hydrogens (tertiary/aromatic N) is 1. The molecule has 6 atom stereocenters. The van der Waals surface area contributed by atoms with Crippen LogP contribution in [0.5, 0.6) is 11.5 Å². The highest BCUT2D eigenvalue weighted by molar-refractivity contribution is 5.63. The van der Waals surface area contributed by atoms with Crippen molar-refractivity contribution in [2.75, 3.05) is 20.2 Å². The van der Waals surface area contributed by atoms with Crippen LogP contribution in [0.2, 0.25) is 0 Å². The van der Waals surface area contributed by atoms with Gasteiger partial charge in [0.25, 0.3) is 0 Å². The fourth-order valence-electron chi connectivity index (χ4n) is 7.93. The number of benzene rings is 1. The van der Waals surface area contributed by atoms with Crippen molar-refractivity contribution in [2.24, 2.45) is 17.3 Å². The summed E-state index contributed by atoms with van der Waals surface area (Å²) in [6.07, 6.45) is 7.11. The molecule has 3 aliphatic carbocycles. The molecule has 0 amide bonds. The van der Waals surface area contributed by atoms with Crippen molar-refractivity contribution in [1.82, 2.24) is 4.90 Å². The van der Waals surface area contributed by atoms with Gasteiger partial charge in [0.15, 0.2) is 11.5 Å². The minimum absolute atomic E-state index is 0.0880. The molecule has 5 heteroatoms. The number of likely N-dealkylation sites (tertiary alicyclic amines) is 1. The third kappa shape index (κ3) is 2.38. The summed E-state index contributed by atoms with van der Waals surface area (Å²) in [5, 5.41) is 22.0. The second-order valence-corrected chi connectivity index (χ2v) is 11.3. The van der Waals surface area contributed by atoms with Gasteiger partial charge >= 0.3 is 0 Å². The highest BCUT2D eigenvalue weighted by Gasteiger charge is 2.74. The Kier molecular flexibility index (Phi) is 4.06. The molecule has 6 rings (SSSR count). The van der Waals surface area contributed by atoms with Gasteiger partial charge in [0.05, 0.1) is 11.0 Å². The fourth-order valence-corrected chi connectivity index (χ4v) is 7.93. The molecular weight excluding hydrogens is 390 g/mol. The molecule has 2 heterocycles. The third-order valence-corrected chi connectivity index (χ3v) is 9.46. The fraction of sp³-hybridized carbons (Fsp3) is 0.692. The van der Waals surface area contributed by atoms with Gasteiger partial charge in [0.1, 0.15) is 12.2 Å². The molecule has 2 saturated carbocycles. The molecule has 2 N–H and O–H groups in total. The van der Waals surface area contributed by atoms with E-state index >= 15 is 0 Å². The van der Waals surface area contributed by atoms with Crippen LogP contribution in [0.15, 0.2) is 24.8 Å². The molecule has 6 unspecified atom stereocenters. The maximum Gasteiger partial charge on any atom is 0.165 e. The summed E-state index contributed by atoms with van der Waals surface area (Å²) in [5.41, 5.74) is 1.08. The first kappa shape index (κ1) is 20.1. The number of rotatable bonds is 5. The molecule has 1 aromatic rings. The number of aliphatic hydroxyl groups is 1. The standard InChI is InChI=1S/C26H35NO4/c1-5-25-13-17(24(2,3)29)21(30-4)23-26(25)10-11-27(14-15-6-7-15)19(25)12-16-8-9-18(28)22(31-23)20(16)26/h5,8-9,15,17,19,21,23,28-29H,1,6-7,10-14H2,2-4H3. The monoisotopic (exact) mass is 425 g/mol. The zero-order valence-corrected chi connectivity index (χ0v) is 18.9. The summed E-state index contributed by atoms with van der Waals surface area (Å²) < 4.78 is 12.7. The van der Waals surface area contributed by atoms with E-state index in [9.17, 15) is 10.2 Å². The van der Waals surface area contributed by atoms with Crippen LogP contribution < -0.4 is 4.74 Å². The minimum Gasteiger partial charge on any atom is -0.504 e. The molecule has 5 aliphatic rings. The second kappa shape index (κ2) is 6.27. The van der Waals surface area contributed by atoms with Gasteiger partial charge in [0, 0.05) is 36.6 Å². The summed E-state index contributed by atoms with van der Waals surface area (Å²) in [4.78, 5) is 2.71. The lowest BCUT2D eigenvalue weighted by Crippen LogP contribution is -2.75. The van der Waals surface area contributed by atoms with E-state index in [0.29, 0.717) is 11.8 Å². The molecule has 168 valence electrons. The van der Waals surface area contributed by atoms with Gasteiger partial charge in [-0.1, -0.05) is 12.1 Å². The Hall–Kier alpha value is -1.56. The van der Waals surface area contributed by atoms with Crippen molar-refractivity contribution in [3.05, 3.63) is 35.9 Å². The molecule has 3 fully saturated rings. The summed E-state index contributed by atoms with van der Waals surface area (Å²) in [6.45, 7) is 10.4. The molecule has 2 aliphatic heterocycles. The lowest BCUT2D eigenvalue weighted by molar-refractivity contribution is -0.202. The molecular formula is C26H35NO4. The smallest absolute Gasteiger partial charge is 0.165 e. The van der Waals surface area contributed by atoms with Crippen LogP contribution in [0.3, 0.4) is 0 Å². The lowest BCUT2D eigenvalue weighted by Gasteiger charge is -2.67. The van der Waals surface area contributed by atoms with Crippen molar-refractivity contribution in [2.45, 2.75) is 75.2 Å². The third-order valence-electron chi connectivity index (χ3n) is 9.46. The van der Waals surface area contributed by atoms with Gasteiger partial charge in [-0.3, -0.25) is 4.90 Å². The van der Waals surface area contributed by atoms with Gasteiger partial charge in [-0.25, -0.2) is 0 Å². The highest BCUT2D eigenvalue weighted by Crippen LogP contribution is 2.71. The van der Waals surface area contributed by atoms with E-state index in [0.717, 1.165) is 38.3 Å². The van der Waals surface area contributed by atoms with Crippen molar-refractivity contribution in [3.8, 4) is 11.5 Å². The zero-order valence-electron chi connectivity index (χ0n) is 18.9. The van der Waals surface area contributed by atoms with Crippen LogP contribution in [0.25, 0.3) is 0 Å². The van der Waals surface area contributed by atoms with Crippen LogP contribution >= 0.6 is 0 Å². The predicted octanol–water partition coefficient (Wildman–Crippen LogP) is 3.41. The molecule has 5 nitrogen and oxygen atoms in total. The van der Waals surface area contributed by atoms with Crippen molar-refractivity contribution in [3.63, 3.8) is 0 Å². The number of phenols is 1. The Labute approximate surface area is 185 Å². The quantitative estimate of drug-likeness (QED) is 0.708. The maximum absolute atomic E-state index is 11.2. The number of piperidine rings is 1. The van der Waals surface area contributed by atoms with Crippen molar-refractivity contribution in [1.29, 1.82) is 0 Å². The van der Waals surface area contributed by atoms with E-state index in [4.69, 9.17) is 9.47 Å². The zero-order chi connectivity index (χ0) is 21.8. The molecule has 1 aromatic carbocycles. The number of hydrogen-bond acceptors (Lipinski definition) is 5. The SMILES string of the molecule is C=CC12CC(C(C)(C)O)C(OC)C3Oc4c(O)ccc5c4C31CCN(CC1CC1)C2C5. The summed E-state index contributed by atoms with van der Waals surface area (Å²) >= 11 is 0. The van der Waals surface area contributed by atoms with Crippen molar-refractivity contribution < 1.29 is 19.7 Å². The molecule has 2 bridgehead atoms. The predicted molar refractivity (Wildman–Crippen MR) is 118 cm³/mol. The van der Waals surface area contributed by atoms with Crippen molar-refractivity contribution >= 4 is 0 Å². The van der Waals surface area contributed by atoms with E-state index in [1.165, 1.54) is 24.0 Å². The van der Waals surface area contributed by atoms with E-state index in [-0.39, 0.29) is 34.7 Å².